The molecule has 0 bridgehead atoms. The zero-order valence-corrected chi connectivity index (χ0v) is 6.32. The number of hydrogen-bond acceptors (Lipinski definition) is 5. The van der Waals surface area contributed by atoms with Gasteiger partial charge in [-0.2, -0.15) is 16.0 Å². The van der Waals surface area contributed by atoms with E-state index < -0.39 is 0 Å². The number of hydrogen-bond donors (Lipinski definition) is 1. The second-order valence-electron chi connectivity index (χ2n) is 1.93. The third-order valence-electron chi connectivity index (χ3n) is 1.24. The topological polar surface area (TPSA) is 69.6 Å². The Morgan fingerprint density at radius 3 is 3.00 bits per heavy atom. The van der Waals surface area contributed by atoms with E-state index >= 15 is 0 Å². The number of tetrazole rings is 1. The van der Waals surface area contributed by atoms with E-state index in [-0.39, 0.29) is 0 Å². The third kappa shape index (κ3) is 0.966. The summed E-state index contributed by atoms with van der Waals surface area (Å²) in [7, 11) is 0. The highest BCUT2D eigenvalue weighted by Gasteiger charge is 2.02. The molecule has 0 aliphatic heterocycles. The van der Waals surface area contributed by atoms with E-state index in [1.165, 1.54) is 4.68 Å². The fourth-order valence-electron chi connectivity index (χ4n) is 0.756. The highest BCUT2D eigenvalue weighted by atomic mass is 32.1. The summed E-state index contributed by atoms with van der Waals surface area (Å²) < 4.78 is 1.48. The average Bonchev–Trinajstić information content (AvgIpc) is 2.55. The molecule has 0 aromatic carbocycles. The lowest BCUT2D eigenvalue weighted by molar-refractivity contribution is 0.794. The maximum Gasteiger partial charge on any atom is 0.245 e. The zero-order valence-electron chi connectivity index (χ0n) is 5.51. The van der Waals surface area contributed by atoms with Gasteiger partial charge in [0.15, 0.2) is 0 Å². The van der Waals surface area contributed by atoms with Crippen LogP contribution in [-0.2, 0) is 0 Å². The Bertz CT molecular complexity index is 337. The van der Waals surface area contributed by atoms with Gasteiger partial charge in [-0.15, -0.1) is 0 Å². The maximum atomic E-state index is 5.46. The normalized spacial score (nSPS) is 10.2. The summed E-state index contributed by atoms with van der Waals surface area (Å²) in [4.78, 5) is 0. The molecule has 0 amide bonds. The van der Waals surface area contributed by atoms with Gasteiger partial charge in [0.2, 0.25) is 5.95 Å². The molecule has 56 valence electrons. The fourth-order valence-corrected chi connectivity index (χ4v) is 1.37. The molecule has 0 spiro atoms. The fraction of sp³-hybridized carbons (Fsp3) is 0. The Kier molecular flexibility index (Phi) is 1.32. The van der Waals surface area contributed by atoms with Crippen LogP contribution in [0.5, 0.6) is 0 Å². The predicted molar refractivity (Wildman–Crippen MR) is 41.4 cm³/mol. The minimum absolute atomic E-state index is 0.309. The van der Waals surface area contributed by atoms with Crippen LogP contribution >= 0.6 is 11.3 Å². The van der Waals surface area contributed by atoms with Crippen LogP contribution in [0.1, 0.15) is 0 Å². The molecule has 2 aromatic heterocycles. The standard InChI is InChI=1S/C5H5N5S/c6-5-7-8-9-10(5)4-1-2-11-3-4/h1-3H,(H2,6,7,9). The number of aromatic nitrogens is 4. The van der Waals surface area contributed by atoms with E-state index in [9.17, 15) is 0 Å². The van der Waals surface area contributed by atoms with Crippen molar-refractivity contribution in [2.24, 2.45) is 0 Å². The quantitative estimate of drug-likeness (QED) is 0.663. The summed E-state index contributed by atoms with van der Waals surface area (Å²) in [6, 6.07) is 1.90. The lowest BCUT2D eigenvalue weighted by atomic mass is 10.5. The second-order valence-corrected chi connectivity index (χ2v) is 2.71. The molecule has 2 rings (SSSR count). The van der Waals surface area contributed by atoms with Gasteiger partial charge in [-0.05, 0) is 21.9 Å². The molecule has 2 heterocycles. The van der Waals surface area contributed by atoms with Gasteiger partial charge in [0.1, 0.15) is 0 Å². The van der Waals surface area contributed by atoms with Crippen molar-refractivity contribution < 1.29 is 0 Å². The Labute approximate surface area is 66.5 Å². The van der Waals surface area contributed by atoms with Gasteiger partial charge in [0.05, 0.1) is 5.69 Å². The van der Waals surface area contributed by atoms with Crippen LogP contribution in [0.3, 0.4) is 0 Å². The summed E-state index contributed by atoms with van der Waals surface area (Å²) in [5.41, 5.74) is 6.36. The van der Waals surface area contributed by atoms with E-state index in [0.29, 0.717) is 5.95 Å². The Morgan fingerprint density at radius 1 is 1.55 bits per heavy atom. The first-order valence-electron chi connectivity index (χ1n) is 2.94. The van der Waals surface area contributed by atoms with E-state index in [1.54, 1.807) is 11.3 Å². The summed E-state index contributed by atoms with van der Waals surface area (Å²) in [5, 5.41) is 14.5. The van der Waals surface area contributed by atoms with Gasteiger partial charge in [0, 0.05) is 5.38 Å². The van der Waals surface area contributed by atoms with E-state index in [2.05, 4.69) is 15.5 Å². The van der Waals surface area contributed by atoms with Crippen LogP contribution in [-0.4, -0.2) is 20.2 Å². The SMILES string of the molecule is Nc1nnnn1-c1ccsc1. The van der Waals surface area contributed by atoms with Crippen molar-refractivity contribution in [3.05, 3.63) is 16.8 Å². The van der Waals surface area contributed by atoms with Crippen LogP contribution in [0.25, 0.3) is 5.69 Å². The molecule has 0 aliphatic carbocycles. The molecule has 0 radical (unpaired) electrons. The van der Waals surface area contributed by atoms with Crippen molar-refractivity contribution in [2.75, 3.05) is 5.73 Å². The van der Waals surface area contributed by atoms with Crippen LogP contribution in [0, 0.1) is 0 Å². The summed E-state index contributed by atoms with van der Waals surface area (Å²) in [6.45, 7) is 0. The molecule has 2 N–H and O–H groups in total. The van der Waals surface area contributed by atoms with Gasteiger partial charge in [-0.3, -0.25) is 0 Å². The number of anilines is 1. The first kappa shape index (κ1) is 6.29. The lowest BCUT2D eigenvalue weighted by Gasteiger charge is -1.93. The van der Waals surface area contributed by atoms with Crippen molar-refractivity contribution in [3.63, 3.8) is 0 Å². The van der Waals surface area contributed by atoms with Gasteiger partial charge in [-0.25, -0.2) is 0 Å². The minimum Gasteiger partial charge on any atom is -0.366 e. The number of nitrogens with two attached hydrogens (primary N) is 1. The number of rotatable bonds is 1. The van der Waals surface area contributed by atoms with Crippen LogP contribution in [0.4, 0.5) is 5.95 Å². The van der Waals surface area contributed by atoms with Crippen molar-refractivity contribution in [1.82, 2.24) is 20.2 Å². The zero-order chi connectivity index (χ0) is 7.68. The summed E-state index contributed by atoms with van der Waals surface area (Å²) in [6.07, 6.45) is 0. The number of nitrogens with zero attached hydrogens (tertiary/aromatic N) is 4. The average molecular weight is 167 g/mol. The Morgan fingerprint density at radius 2 is 2.45 bits per heavy atom. The van der Waals surface area contributed by atoms with E-state index in [1.807, 2.05) is 16.8 Å². The molecule has 5 nitrogen and oxygen atoms in total. The second kappa shape index (κ2) is 2.31. The first-order valence-corrected chi connectivity index (χ1v) is 3.88. The van der Waals surface area contributed by atoms with Crippen molar-refractivity contribution >= 4 is 17.3 Å². The molecule has 6 heteroatoms. The molecule has 0 saturated carbocycles. The Hall–Kier alpha value is -1.43. The van der Waals surface area contributed by atoms with Crippen LogP contribution < -0.4 is 5.73 Å². The minimum atomic E-state index is 0.309. The number of nitrogen functional groups attached to an aromatic ring is 1. The molecular formula is C5H5N5S. The molecule has 0 saturated heterocycles. The maximum absolute atomic E-state index is 5.46. The van der Waals surface area contributed by atoms with Gasteiger partial charge < -0.3 is 5.73 Å². The first-order chi connectivity index (χ1) is 5.38. The van der Waals surface area contributed by atoms with Gasteiger partial charge in [0.25, 0.3) is 0 Å². The number of thiophene rings is 1. The molecular weight excluding hydrogens is 162 g/mol. The molecule has 0 atom stereocenters. The largest absolute Gasteiger partial charge is 0.366 e. The highest BCUT2D eigenvalue weighted by Crippen LogP contribution is 2.11. The van der Waals surface area contributed by atoms with Crippen LogP contribution in [0.2, 0.25) is 0 Å². The highest BCUT2D eigenvalue weighted by molar-refractivity contribution is 7.08. The van der Waals surface area contributed by atoms with E-state index in [4.69, 9.17) is 5.73 Å². The van der Waals surface area contributed by atoms with Crippen molar-refractivity contribution in [1.29, 1.82) is 0 Å². The van der Waals surface area contributed by atoms with Crippen LogP contribution in [0.15, 0.2) is 16.8 Å². The van der Waals surface area contributed by atoms with Gasteiger partial charge in [-0.1, -0.05) is 5.10 Å². The van der Waals surface area contributed by atoms with E-state index in [0.717, 1.165) is 5.69 Å². The molecule has 11 heavy (non-hydrogen) atoms. The summed E-state index contributed by atoms with van der Waals surface area (Å²) in [5.74, 6) is 0.309. The Balaban J connectivity index is 2.53. The molecule has 0 fully saturated rings. The van der Waals surface area contributed by atoms with Gasteiger partial charge >= 0.3 is 0 Å². The third-order valence-corrected chi connectivity index (χ3v) is 1.92. The smallest absolute Gasteiger partial charge is 0.245 e. The predicted octanol–water partition coefficient (Wildman–Crippen LogP) is 0.306. The molecule has 0 aliphatic rings. The molecule has 2 aromatic rings. The van der Waals surface area contributed by atoms with Crippen molar-refractivity contribution in [3.8, 4) is 5.69 Å². The molecule has 0 unspecified atom stereocenters. The van der Waals surface area contributed by atoms with Crippen molar-refractivity contribution in [2.45, 2.75) is 0 Å². The lowest BCUT2D eigenvalue weighted by Crippen LogP contribution is -2.00. The summed E-state index contributed by atoms with van der Waals surface area (Å²) >= 11 is 1.57. The monoisotopic (exact) mass is 167 g/mol.